The van der Waals surface area contributed by atoms with Gasteiger partial charge < -0.3 is 9.80 Å². The van der Waals surface area contributed by atoms with E-state index in [1.807, 2.05) is 11.3 Å². The molecule has 7 aromatic carbocycles. The summed E-state index contributed by atoms with van der Waals surface area (Å²) >= 11 is 2.05. The smallest absolute Gasteiger partial charge is 0.254 e. The third kappa shape index (κ3) is 7.16. The molecule has 3 heterocycles. The fraction of sp³-hybridized carbons (Fsp3) is 0.389. The zero-order valence-corrected chi connectivity index (χ0v) is 49.0. The van der Waals surface area contributed by atoms with Crippen molar-refractivity contribution < 1.29 is 0 Å². The predicted molar refractivity (Wildman–Crippen MR) is 331 cm³/mol. The van der Waals surface area contributed by atoms with Gasteiger partial charge in [-0.05, 0) is 191 Å². The van der Waals surface area contributed by atoms with E-state index in [0.29, 0.717) is 0 Å². The van der Waals surface area contributed by atoms with E-state index in [4.69, 9.17) is 0 Å². The average Bonchev–Trinajstić information content (AvgIpc) is 3.93. The summed E-state index contributed by atoms with van der Waals surface area (Å²) in [7, 11) is 0. The molecular weight excluding hydrogens is 936 g/mol. The second kappa shape index (κ2) is 16.8. The molecule has 0 saturated heterocycles. The van der Waals surface area contributed by atoms with Crippen molar-refractivity contribution >= 4 is 78.0 Å². The first-order valence-electron chi connectivity index (χ1n) is 29.1. The molecule has 1 aromatic heterocycles. The van der Waals surface area contributed by atoms with Crippen molar-refractivity contribution in [3.8, 4) is 22.3 Å². The number of rotatable bonds is 8. The van der Waals surface area contributed by atoms with Gasteiger partial charge in [0.05, 0.1) is 10.7 Å². The Balaban J connectivity index is 1.20. The minimum atomic E-state index is -0.146. The number of nitrogens with zero attached hydrogens (tertiary/aromatic N) is 2. The number of benzene rings is 7. The van der Waals surface area contributed by atoms with Gasteiger partial charge in [-0.2, -0.15) is 0 Å². The molecule has 76 heavy (non-hydrogen) atoms. The van der Waals surface area contributed by atoms with E-state index >= 15 is 0 Å². The van der Waals surface area contributed by atoms with Crippen molar-refractivity contribution in [3.05, 3.63) is 172 Å². The fourth-order valence-electron chi connectivity index (χ4n) is 15.3. The quantitative estimate of drug-likeness (QED) is 0.140. The number of fused-ring (bicyclic) bond motifs is 11. The largest absolute Gasteiger partial charge is 0.311 e. The molecule has 0 amide bonds. The molecule has 4 heteroatoms. The Bertz CT molecular complexity index is 3710. The normalized spacial score (nSPS) is 18.6. The lowest BCUT2D eigenvalue weighted by molar-refractivity contribution is 0.332. The Morgan fingerprint density at radius 2 is 1.14 bits per heavy atom. The number of thiophene rings is 1. The van der Waals surface area contributed by atoms with Crippen LogP contribution in [-0.2, 0) is 38.9 Å². The number of aryl methyl sites for hydroxylation is 1. The molecule has 0 bridgehead atoms. The summed E-state index contributed by atoms with van der Waals surface area (Å²) in [6.07, 6.45) is 9.34. The van der Waals surface area contributed by atoms with Gasteiger partial charge in [0.15, 0.2) is 0 Å². The molecule has 0 unspecified atom stereocenters. The highest BCUT2D eigenvalue weighted by atomic mass is 32.1. The van der Waals surface area contributed by atoms with Gasteiger partial charge in [0.1, 0.15) is 0 Å². The Kier molecular flexibility index (Phi) is 11.0. The van der Waals surface area contributed by atoms with Gasteiger partial charge in [-0.15, -0.1) is 11.3 Å². The molecule has 2 aliphatic heterocycles. The first kappa shape index (κ1) is 49.7. The number of hydrogen-bond acceptors (Lipinski definition) is 3. The first-order chi connectivity index (χ1) is 36.1. The Morgan fingerprint density at radius 1 is 0.526 bits per heavy atom. The van der Waals surface area contributed by atoms with Crippen LogP contribution in [-0.4, -0.2) is 6.71 Å². The van der Waals surface area contributed by atoms with Crippen LogP contribution >= 0.6 is 11.3 Å². The van der Waals surface area contributed by atoms with E-state index in [-0.39, 0.29) is 39.2 Å². The van der Waals surface area contributed by atoms with Crippen molar-refractivity contribution in [3.63, 3.8) is 0 Å². The fourth-order valence-corrected chi connectivity index (χ4v) is 16.6. The Labute approximate surface area is 460 Å². The van der Waals surface area contributed by atoms with E-state index in [1.165, 1.54) is 165 Å². The third-order valence-electron chi connectivity index (χ3n) is 20.2. The highest BCUT2D eigenvalue weighted by molar-refractivity contribution is 7.26. The van der Waals surface area contributed by atoms with Crippen LogP contribution in [0.3, 0.4) is 0 Å². The van der Waals surface area contributed by atoms with Gasteiger partial charge in [0.25, 0.3) is 6.71 Å². The highest BCUT2D eigenvalue weighted by Crippen LogP contribution is 2.58. The topological polar surface area (TPSA) is 6.48 Å². The van der Waals surface area contributed by atoms with Crippen LogP contribution in [0.15, 0.2) is 127 Å². The number of anilines is 6. The van der Waals surface area contributed by atoms with Crippen LogP contribution in [0.5, 0.6) is 0 Å². The second-order valence-electron chi connectivity index (χ2n) is 27.7. The van der Waals surface area contributed by atoms with Gasteiger partial charge >= 0.3 is 0 Å². The van der Waals surface area contributed by atoms with Crippen molar-refractivity contribution in [1.82, 2.24) is 0 Å². The van der Waals surface area contributed by atoms with E-state index < -0.39 is 0 Å². The molecular formula is C72H79BN2S. The molecule has 0 N–H and O–H groups in total. The van der Waals surface area contributed by atoms with Gasteiger partial charge in [-0.25, -0.2) is 0 Å². The lowest BCUT2D eigenvalue weighted by atomic mass is 9.33. The van der Waals surface area contributed by atoms with Crippen LogP contribution in [0, 0.1) is 0 Å². The van der Waals surface area contributed by atoms with Crippen LogP contribution in [0.25, 0.3) is 32.3 Å². The van der Waals surface area contributed by atoms with Gasteiger partial charge in [0.2, 0.25) is 0 Å². The standard InChI is InChI=1S/C72H79BN2S/c1-15-17-32-67(3,4)53-43-62-49(37-44(53)16-2)64-66(76-62)74(47-30-31-51-54(40-47)69(7,8)34-33-68(51,5)6)60-38-46(45-24-19-18-20-25-45)39-61-65(60)73(64)57-41-55-56(71(11,12)36-35-70(55,9)10)42-59(57)75(61)58-29-23-28-52-63(58)48-26-21-22-27-50(48)72(52,13)14/h18-31,37-43H,15-17,32-36H2,1-14H3. The number of hydrogen-bond donors (Lipinski definition) is 0. The summed E-state index contributed by atoms with van der Waals surface area (Å²) in [6.45, 7) is 34.6. The number of unbranched alkanes of at least 4 members (excludes halogenated alkanes) is 1. The minimum absolute atomic E-state index is 0.00404. The molecule has 0 radical (unpaired) electrons. The lowest BCUT2D eigenvalue weighted by Gasteiger charge is -2.47. The molecule has 0 spiro atoms. The maximum atomic E-state index is 2.77. The van der Waals surface area contributed by atoms with E-state index in [9.17, 15) is 0 Å². The molecule has 13 rings (SSSR count). The summed E-state index contributed by atoms with van der Waals surface area (Å²) in [6, 6.07) is 51.3. The van der Waals surface area contributed by atoms with Crippen LogP contribution in [0.1, 0.15) is 186 Å². The third-order valence-corrected chi connectivity index (χ3v) is 21.3. The molecule has 0 fully saturated rings. The summed E-state index contributed by atoms with van der Waals surface area (Å²) in [5.41, 5.74) is 28.0. The lowest BCUT2D eigenvalue weighted by Crippen LogP contribution is -2.61. The minimum Gasteiger partial charge on any atom is -0.311 e. The summed E-state index contributed by atoms with van der Waals surface area (Å²) in [4.78, 5) is 5.53. The molecule has 8 aromatic rings. The molecule has 2 nitrogen and oxygen atoms in total. The van der Waals surface area contributed by atoms with Crippen LogP contribution in [0.4, 0.5) is 33.4 Å². The zero-order chi connectivity index (χ0) is 53.2. The van der Waals surface area contributed by atoms with Gasteiger partial charge in [-0.3, -0.25) is 0 Å². The molecule has 386 valence electrons. The maximum absolute atomic E-state index is 2.77. The average molecular weight is 1020 g/mol. The molecule has 0 atom stereocenters. The van der Waals surface area contributed by atoms with Crippen molar-refractivity contribution in [2.24, 2.45) is 0 Å². The van der Waals surface area contributed by atoms with Gasteiger partial charge in [0, 0.05) is 38.4 Å². The maximum Gasteiger partial charge on any atom is 0.254 e. The summed E-state index contributed by atoms with van der Waals surface area (Å²) < 4.78 is 1.41. The highest BCUT2D eigenvalue weighted by Gasteiger charge is 2.50. The van der Waals surface area contributed by atoms with Crippen LogP contribution in [0.2, 0.25) is 0 Å². The van der Waals surface area contributed by atoms with Crippen molar-refractivity contribution in [2.45, 2.75) is 181 Å². The predicted octanol–water partition coefficient (Wildman–Crippen LogP) is 18.7. The SMILES string of the molecule is CCCCC(C)(C)c1cc2sc3c(c2cc1CC)B1c2cc4c(cc2N(c2cccc5c2-c2ccccc2C5(C)C)c2cc(-c5ccccc5)cc(c21)N3c1ccc2c(c1)C(C)(C)CCC2(C)C)C(C)(C)CCC4(C)C. The Morgan fingerprint density at radius 3 is 1.83 bits per heavy atom. The van der Waals surface area contributed by atoms with Crippen molar-refractivity contribution in [1.29, 1.82) is 0 Å². The zero-order valence-electron chi connectivity index (χ0n) is 48.2. The molecule has 3 aliphatic carbocycles. The van der Waals surface area contributed by atoms with Crippen molar-refractivity contribution in [2.75, 3.05) is 9.80 Å². The Hall–Kier alpha value is -5.84. The first-order valence-corrected chi connectivity index (χ1v) is 29.9. The van der Waals surface area contributed by atoms with Crippen LogP contribution < -0.4 is 26.2 Å². The second-order valence-corrected chi connectivity index (χ2v) is 28.7. The molecule has 5 aliphatic rings. The van der Waals surface area contributed by atoms with Gasteiger partial charge in [-0.1, -0.05) is 195 Å². The van der Waals surface area contributed by atoms with E-state index in [2.05, 4.69) is 234 Å². The molecule has 0 saturated carbocycles. The van der Waals surface area contributed by atoms with E-state index in [0.717, 1.165) is 12.8 Å². The summed E-state index contributed by atoms with van der Waals surface area (Å²) in [5, 5.41) is 2.80. The summed E-state index contributed by atoms with van der Waals surface area (Å²) in [5.74, 6) is 0. The van der Waals surface area contributed by atoms with E-state index in [1.54, 1.807) is 0 Å². The monoisotopic (exact) mass is 1010 g/mol.